The van der Waals surface area contributed by atoms with Crippen LogP contribution in [0.3, 0.4) is 0 Å². The Morgan fingerprint density at radius 2 is 1.79 bits per heavy atom. The number of rotatable bonds is 8. The van der Waals surface area contributed by atoms with Crippen LogP contribution in [0.5, 0.6) is 0 Å². The Balaban J connectivity index is 2.47. The van der Waals surface area contributed by atoms with Gasteiger partial charge in [-0.15, -0.1) is 0 Å². The van der Waals surface area contributed by atoms with Crippen molar-refractivity contribution in [3.63, 3.8) is 0 Å². The minimum atomic E-state index is -0.821. The molecule has 2 unspecified atom stereocenters. The van der Waals surface area contributed by atoms with E-state index >= 15 is 0 Å². The summed E-state index contributed by atoms with van der Waals surface area (Å²) in [5, 5.41) is 13.9. The van der Waals surface area contributed by atoms with Gasteiger partial charge in [0.1, 0.15) is 0 Å². The van der Waals surface area contributed by atoms with E-state index in [2.05, 4.69) is 31.0 Å². The Morgan fingerprint density at radius 1 is 1.21 bits per heavy atom. The van der Waals surface area contributed by atoms with Crippen molar-refractivity contribution in [3.8, 4) is 0 Å². The molecule has 1 aromatic carbocycles. The van der Waals surface area contributed by atoms with Crippen molar-refractivity contribution in [2.24, 2.45) is 0 Å². The molecule has 0 aliphatic carbocycles. The average molecular weight is 264 g/mol. The second-order valence-corrected chi connectivity index (χ2v) is 5.41. The molecule has 0 aromatic heterocycles. The van der Waals surface area contributed by atoms with E-state index in [1.807, 2.05) is 37.3 Å². The maximum absolute atomic E-state index is 10.5. The molecule has 1 aromatic rings. The van der Waals surface area contributed by atoms with Crippen LogP contribution in [0.4, 0.5) is 0 Å². The quantitative estimate of drug-likeness (QED) is 0.756. The zero-order valence-electron chi connectivity index (χ0n) is 12.7. The van der Waals surface area contributed by atoms with Gasteiger partial charge < -0.3 is 15.3 Å². The minimum absolute atomic E-state index is 0.370. The summed E-state index contributed by atoms with van der Waals surface area (Å²) in [5.74, 6) is 0. The highest BCUT2D eigenvalue weighted by Gasteiger charge is 2.23. The predicted octanol–water partition coefficient (Wildman–Crippen LogP) is 2.21. The van der Waals surface area contributed by atoms with E-state index in [1.54, 1.807) is 0 Å². The number of benzene rings is 1. The van der Waals surface area contributed by atoms with Crippen LogP contribution in [-0.2, 0) is 5.60 Å². The van der Waals surface area contributed by atoms with Gasteiger partial charge in [-0.2, -0.15) is 0 Å². The zero-order valence-corrected chi connectivity index (χ0v) is 12.7. The lowest BCUT2D eigenvalue weighted by molar-refractivity contribution is 0.0529. The van der Waals surface area contributed by atoms with Crippen molar-refractivity contribution < 1.29 is 5.11 Å². The van der Waals surface area contributed by atoms with Crippen molar-refractivity contribution >= 4 is 0 Å². The molecular formula is C16H28N2O. The standard InChI is InChI=1S/C16H28N2O/c1-5-18(6-2)12-14(3)17-13-16(4,19)15-10-8-7-9-11-15/h7-11,14,17,19H,5-6,12-13H2,1-4H3. The molecule has 1 rings (SSSR count). The first-order valence-electron chi connectivity index (χ1n) is 7.23. The third-order valence-corrected chi connectivity index (χ3v) is 3.62. The highest BCUT2D eigenvalue weighted by Crippen LogP contribution is 2.19. The fourth-order valence-corrected chi connectivity index (χ4v) is 2.21. The Hall–Kier alpha value is -0.900. The Labute approximate surface area is 117 Å². The van der Waals surface area contributed by atoms with Gasteiger partial charge in [0.05, 0.1) is 5.60 Å². The van der Waals surface area contributed by atoms with Crippen molar-refractivity contribution in [2.45, 2.75) is 39.3 Å². The van der Waals surface area contributed by atoms with Crippen LogP contribution < -0.4 is 5.32 Å². The van der Waals surface area contributed by atoms with Crippen LogP contribution in [0.1, 0.15) is 33.3 Å². The number of aliphatic hydroxyl groups is 1. The van der Waals surface area contributed by atoms with Crippen LogP contribution in [0, 0.1) is 0 Å². The minimum Gasteiger partial charge on any atom is -0.384 e. The molecule has 0 aliphatic rings. The molecule has 0 heterocycles. The summed E-state index contributed by atoms with van der Waals surface area (Å²) in [6.07, 6.45) is 0. The Kier molecular flexibility index (Phi) is 6.49. The summed E-state index contributed by atoms with van der Waals surface area (Å²) >= 11 is 0. The Bertz CT molecular complexity index is 347. The second-order valence-electron chi connectivity index (χ2n) is 5.41. The molecule has 3 nitrogen and oxygen atoms in total. The fraction of sp³-hybridized carbons (Fsp3) is 0.625. The second kappa shape index (κ2) is 7.63. The van der Waals surface area contributed by atoms with Crippen molar-refractivity contribution in [2.75, 3.05) is 26.2 Å². The number of likely N-dealkylation sites (N-methyl/N-ethyl adjacent to an activating group) is 1. The SMILES string of the molecule is CCN(CC)CC(C)NCC(C)(O)c1ccccc1. The molecule has 3 heteroatoms. The molecule has 0 aliphatic heterocycles. The third-order valence-electron chi connectivity index (χ3n) is 3.62. The van der Waals surface area contributed by atoms with E-state index in [0.717, 1.165) is 25.2 Å². The molecule has 0 saturated carbocycles. The van der Waals surface area contributed by atoms with Crippen LogP contribution in [0.25, 0.3) is 0 Å². The van der Waals surface area contributed by atoms with Gasteiger partial charge in [0.2, 0.25) is 0 Å². The summed E-state index contributed by atoms with van der Waals surface area (Å²) in [6.45, 7) is 12.1. The van der Waals surface area contributed by atoms with Gasteiger partial charge in [-0.05, 0) is 32.5 Å². The first kappa shape index (κ1) is 16.2. The predicted molar refractivity (Wildman–Crippen MR) is 81.3 cm³/mol. The summed E-state index contributed by atoms with van der Waals surface area (Å²) in [7, 11) is 0. The smallest absolute Gasteiger partial charge is 0.0992 e. The first-order valence-corrected chi connectivity index (χ1v) is 7.23. The number of nitrogens with zero attached hydrogens (tertiary/aromatic N) is 1. The molecule has 0 bridgehead atoms. The molecule has 2 atom stereocenters. The number of hydrogen-bond acceptors (Lipinski definition) is 3. The van der Waals surface area contributed by atoms with Gasteiger partial charge >= 0.3 is 0 Å². The maximum Gasteiger partial charge on any atom is 0.0992 e. The summed E-state index contributed by atoms with van der Waals surface area (Å²) in [5.41, 5.74) is 0.135. The molecule has 2 N–H and O–H groups in total. The van der Waals surface area contributed by atoms with Crippen molar-refractivity contribution in [1.82, 2.24) is 10.2 Å². The van der Waals surface area contributed by atoms with E-state index in [1.165, 1.54) is 0 Å². The highest BCUT2D eigenvalue weighted by molar-refractivity contribution is 5.21. The molecule has 0 spiro atoms. The van der Waals surface area contributed by atoms with Gasteiger partial charge in [-0.1, -0.05) is 44.2 Å². The largest absolute Gasteiger partial charge is 0.384 e. The monoisotopic (exact) mass is 264 g/mol. The summed E-state index contributed by atoms with van der Waals surface area (Å²) in [4.78, 5) is 2.38. The van der Waals surface area contributed by atoms with E-state index in [9.17, 15) is 5.11 Å². The summed E-state index contributed by atoms with van der Waals surface area (Å²) in [6, 6.07) is 10.2. The van der Waals surface area contributed by atoms with E-state index in [-0.39, 0.29) is 0 Å². The van der Waals surface area contributed by atoms with Gasteiger partial charge in [0.25, 0.3) is 0 Å². The molecule has 0 radical (unpaired) electrons. The lowest BCUT2D eigenvalue weighted by atomic mass is 9.96. The highest BCUT2D eigenvalue weighted by atomic mass is 16.3. The molecule has 0 amide bonds. The van der Waals surface area contributed by atoms with Gasteiger partial charge in [0, 0.05) is 19.1 Å². The molecule has 108 valence electrons. The van der Waals surface area contributed by atoms with Crippen LogP contribution in [0.15, 0.2) is 30.3 Å². The first-order chi connectivity index (χ1) is 8.99. The molecular weight excluding hydrogens is 236 g/mol. The normalized spacial score (nSPS) is 16.3. The molecule has 0 saturated heterocycles. The van der Waals surface area contributed by atoms with Crippen LogP contribution in [0.2, 0.25) is 0 Å². The van der Waals surface area contributed by atoms with E-state index in [0.29, 0.717) is 12.6 Å². The number of hydrogen-bond donors (Lipinski definition) is 2. The number of nitrogens with one attached hydrogen (secondary N) is 1. The van der Waals surface area contributed by atoms with Crippen LogP contribution in [-0.4, -0.2) is 42.2 Å². The van der Waals surface area contributed by atoms with Gasteiger partial charge in [-0.3, -0.25) is 0 Å². The Morgan fingerprint density at radius 3 is 2.32 bits per heavy atom. The van der Waals surface area contributed by atoms with Crippen molar-refractivity contribution in [1.29, 1.82) is 0 Å². The lowest BCUT2D eigenvalue weighted by Crippen LogP contribution is -2.44. The van der Waals surface area contributed by atoms with Gasteiger partial charge in [-0.25, -0.2) is 0 Å². The fourth-order valence-electron chi connectivity index (χ4n) is 2.21. The van der Waals surface area contributed by atoms with E-state index < -0.39 is 5.60 Å². The van der Waals surface area contributed by atoms with Crippen LogP contribution >= 0.6 is 0 Å². The summed E-state index contributed by atoms with van der Waals surface area (Å²) < 4.78 is 0. The van der Waals surface area contributed by atoms with Crippen molar-refractivity contribution in [3.05, 3.63) is 35.9 Å². The third kappa shape index (κ3) is 5.31. The molecule has 0 fully saturated rings. The lowest BCUT2D eigenvalue weighted by Gasteiger charge is -2.29. The topological polar surface area (TPSA) is 35.5 Å². The molecule has 19 heavy (non-hydrogen) atoms. The average Bonchev–Trinajstić information content (AvgIpc) is 2.43. The van der Waals surface area contributed by atoms with E-state index in [4.69, 9.17) is 0 Å². The van der Waals surface area contributed by atoms with Gasteiger partial charge in [0.15, 0.2) is 0 Å². The zero-order chi connectivity index (χ0) is 14.3. The maximum atomic E-state index is 10.5.